The molecule has 2 heterocycles. The van der Waals surface area contributed by atoms with Crippen LogP contribution in [-0.4, -0.2) is 33.7 Å². The summed E-state index contributed by atoms with van der Waals surface area (Å²) in [4.78, 5) is 44.2. The highest BCUT2D eigenvalue weighted by Gasteiger charge is 2.31. The topological polar surface area (TPSA) is 76.0 Å². The van der Waals surface area contributed by atoms with Crippen molar-refractivity contribution in [3.05, 3.63) is 70.3 Å². The maximum atomic E-state index is 13.2. The van der Waals surface area contributed by atoms with Gasteiger partial charge in [0.15, 0.2) is 11.6 Å². The standard InChI is InChI=1S/C27H30N2O4/c1-16-19-10-9-18(21(19)12-11-20(16)26(32)33-27(3,4)5)14-24(31)22-15-23(17(2)30)29-13-7-6-8-25(29)28-22/h7-8,11-13,15,18H,6,9-10,14H2,1-5H3. The number of benzene rings is 1. The fourth-order valence-corrected chi connectivity index (χ4v) is 4.65. The monoisotopic (exact) mass is 446 g/mol. The first-order valence-electron chi connectivity index (χ1n) is 11.4. The number of esters is 1. The molecule has 3 aliphatic rings. The molecule has 1 aliphatic carbocycles. The Balaban J connectivity index is 1.55. The first-order valence-corrected chi connectivity index (χ1v) is 11.4. The van der Waals surface area contributed by atoms with E-state index in [0.29, 0.717) is 29.2 Å². The van der Waals surface area contributed by atoms with Gasteiger partial charge in [-0.3, -0.25) is 14.5 Å². The molecule has 0 saturated heterocycles. The average Bonchev–Trinajstić information content (AvgIpc) is 3.15. The number of Topliss-reactive ketones (excluding diaryl/α,β-unsaturated/α-hetero) is 2. The average molecular weight is 447 g/mol. The van der Waals surface area contributed by atoms with Crippen LogP contribution in [0.2, 0.25) is 0 Å². The third kappa shape index (κ3) is 4.61. The second-order valence-corrected chi connectivity index (χ2v) is 9.81. The van der Waals surface area contributed by atoms with Gasteiger partial charge in [0, 0.05) is 19.5 Å². The normalized spacial score (nSPS) is 19.2. The summed E-state index contributed by atoms with van der Waals surface area (Å²) in [5.41, 5.74) is 3.99. The van der Waals surface area contributed by atoms with Crippen molar-refractivity contribution >= 4 is 23.2 Å². The van der Waals surface area contributed by atoms with Crippen molar-refractivity contribution in [2.24, 2.45) is 4.99 Å². The zero-order chi connectivity index (χ0) is 23.9. The molecule has 0 amide bonds. The Labute approximate surface area is 194 Å². The number of allylic oxidation sites excluding steroid dienone is 4. The van der Waals surface area contributed by atoms with Gasteiger partial charge in [0.1, 0.15) is 17.1 Å². The zero-order valence-corrected chi connectivity index (χ0v) is 19.9. The van der Waals surface area contributed by atoms with Crippen LogP contribution in [0.3, 0.4) is 0 Å². The number of carbonyl (C=O) groups is 3. The molecule has 2 aliphatic heterocycles. The highest BCUT2D eigenvalue weighted by molar-refractivity contribution is 6.45. The van der Waals surface area contributed by atoms with Crippen molar-refractivity contribution in [1.29, 1.82) is 0 Å². The van der Waals surface area contributed by atoms with Crippen LogP contribution in [0.25, 0.3) is 0 Å². The Morgan fingerprint density at radius 3 is 2.67 bits per heavy atom. The van der Waals surface area contributed by atoms with Crippen LogP contribution < -0.4 is 0 Å². The van der Waals surface area contributed by atoms with Crippen molar-refractivity contribution in [3.63, 3.8) is 0 Å². The quantitative estimate of drug-likeness (QED) is 0.600. The zero-order valence-electron chi connectivity index (χ0n) is 19.9. The summed E-state index contributed by atoms with van der Waals surface area (Å²) in [7, 11) is 0. The second-order valence-electron chi connectivity index (χ2n) is 9.81. The van der Waals surface area contributed by atoms with E-state index in [4.69, 9.17) is 4.74 Å². The van der Waals surface area contributed by atoms with E-state index >= 15 is 0 Å². The van der Waals surface area contributed by atoms with Gasteiger partial charge in [0.2, 0.25) is 0 Å². The number of hydrogen-bond acceptors (Lipinski definition) is 6. The van der Waals surface area contributed by atoms with E-state index in [1.165, 1.54) is 6.92 Å². The summed E-state index contributed by atoms with van der Waals surface area (Å²) in [5, 5.41) is 0. The molecule has 33 heavy (non-hydrogen) atoms. The maximum absolute atomic E-state index is 13.2. The lowest BCUT2D eigenvalue weighted by molar-refractivity contribution is -0.114. The van der Waals surface area contributed by atoms with E-state index in [-0.39, 0.29) is 23.5 Å². The van der Waals surface area contributed by atoms with E-state index < -0.39 is 5.60 Å². The lowest BCUT2D eigenvalue weighted by Crippen LogP contribution is -2.29. The predicted octanol–water partition coefficient (Wildman–Crippen LogP) is 4.93. The summed E-state index contributed by atoms with van der Waals surface area (Å²) in [5.74, 6) is 0.187. The van der Waals surface area contributed by atoms with Gasteiger partial charge in [-0.2, -0.15) is 0 Å². The fourth-order valence-electron chi connectivity index (χ4n) is 4.65. The highest BCUT2D eigenvalue weighted by atomic mass is 16.6. The van der Waals surface area contributed by atoms with Gasteiger partial charge in [-0.05, 0) is 87.8 Å². The number of carbonyl (C=O) groups excluding carboxylic acids is 3. The molecular formula is C27H30N2O4. The minimum atomic E-state index is -0.552. The molecule has 0 bridgehead atoms. The van der Waals surface area contributed by atoms with Crippen LogP contribution in [0.1, 0.15) is 79.9 Å². The summed E-state index contributed by atoms with van der Waals surface area (Å²) in [6, 6.07) is 3.77. The molecule has 0 saturated carbocycles. The van der Waals surface area contributed by atoms with Gasteiger partial charge < -0.3 is 4.74 Å². The van der Waals surface area contributed by atoms with Gasteiger partial charge in [-0.25, -0.2) is 9.79 Å². The molecule has 1 aromatic rings. The largest absolute Gasteiger partial charge is 0.456 e. The number of ketones is 2. The molecule has 4 rings (SSSR count). The van der Waals surface area contributed by atoms with E-state index in [1.807, 2.05) is 58.2 Å². The highest BCUT2D eigenvalue weighted by Crippen LogP contribution is 2.39. The Morgan fingerprint density at radius 1 is 1.21 bits per heavy atom. The van der Waals surface area contributed by atoms with Gasteiger partial charge in [-0.1, -0.05) is 12.1 Å². The molecule has 1 atom stereocenters. The Morgan fingerprint density at radius 2 is 1.97 bits per heavy atom. The van der Waals surface area contributed by atoms with E-state index in [0.717, 1.165) is 36.0 Å². The van der Waals surface area contributed by atoms with Crippen molar-refractivity contribution in [2.75, 3.05) is 0 Å². The second kappa shape index (κ2) is 8.58. The van der Waals surface area contributed by atoms with Crippen LogP contribution in [0.5, 0.6) is 0 Å². The lowest BCUT2D eigenvalue weighted by atomic mass is 9.91. The van der Waals surface area contributed by atoms with Crippen molar-refractivity contribution in [1.82, 2.24) is 4.90 Å². The van der Waals surface area contributed by atoms with Crippen molar-refractivity contribution < 1.29 is 19.1 Å². The molecular weight excluding hydrogens is 416 g/mol. The Kier molecular flexibility index (Phi) is 5.95. The maximum Gasteiger partial charge on any atom is 0.338 e. The smallest absolute Gasteiger partial charge is 0.338 e. The molecule has 0 fully saturated rings. The molecule has 0 N–H and O–H groups in total. The molecule has 0 radical (unpaired) electrons. The number of ether oxygens (including phenoxy) is 1. The number of fused-ring (bicyclic) bond motifs is 2. The number of nitrogens with zero attached hydrogens (tertiary/aromatic N) is 2. The third-order valence-electron chi connectivity index (χ3n) is 6.22. The van der Waals surface area contributed by atoms with Crippen molar-refractivity contribution in [3.8, 4) is 0 Å². The number of rotatable bonds is 5. The van der Waals surface area contributed by atoms with E-state index in [9.17, 15) is 14.4 Å². The van der Waals surface area contributed by atoms with Gasteiger partial charge in [-0.15, -0.1) is 0 Å². The summed E-state index contributed by atoms with van der Waals surface area (Å²) in [6.45, 7) is 9.01. The summed E-state index contributed by atoms with van der Waals surface area (Å²) < 4.78 is 5.55. The van der Waals surface area contributed by atoms with Crippen LogP contribution in [-0.2, 0) is 20.7 Å². The molecule has 1 unspecified atom stereocenters. The van der Waals surface area contributed by atoms with Gasteiger partial charge in [0.25, 0.3) is 0 Å². The molecule has 1 aromatic carbocycles. The SMILES string of the molecule is CC(=O)C1=CC(C(=O)CC2CCc3c2ccc(C(=O)OC(C)(C)C)c3C)=NC2=CCC=CN21. The Hall–Kier alpha value is -3.28. The first-order chi connectivity index (χ1) is 15.5. The first kappa shape index (κ1) is 22.9. The van der Waals surface area contributed by atoms with Crippen LogP contribution in [0, 0.1) is 6.92 Å². The summed E-state index contributed by atoms with van der Waals surface area (Å²) >= 11 is 0. The molecule has 6 nitrogen and oxygen atoms in total. The van der Waals surface area contributed by atoms with E-state index in [1.54, 1.807) is 11.0 Å². The molecule has 172 valence electrons. The number of aliphatic imine (C=N–C) groups is 1. The molecule has 6 heteroatoms. The third-order valence-corrected chi connectivity index (χ3v) is 6.22. The molecule has 0 spiro atoms. The van der Waals surface area contributed by atoms with Gasteiger partial charge >= 0.3 is 5.97 Å². The minimum Gasteiger partial charge on any atom is -0.456 e. The van der Waals surface area contributed by atoms with Crippen molar-refractivity contribution in [2.45, 2.75) is 71.8 Å². The van der Waals surface area contributed by atoms with Gasteiger partial charge in [0.05, 0.1) is 11.3 Å². The predicted molar refractivity (Wildman–Crippen MR) is 127 cm³/mol. The minimum absolute atomic E-state index is 0.0639. The van der Waals surface area contributed by atoms with Crippen LogP contribution in [0.15, 0.2) is 53.1 Å². The fraction of sp³-hybridized carbons (Fsp3) is 0.407. The van der Waals surface area contributed by atoms with E-state index in [2.05, 4.69) is 4.99 Å². The lowest BCUT2D eigenvalue weighted by Gasteiger charge is -2.28. The Bertz CT molecular complexity index is 1160. The summed E-state index contributed by atoms with van der Waals surface area (Å²) in [6.07, 6.45) is 9.99. The van der Waals surface area contributed by atoms with Crippen LogP contribution in [0.4, 0.5) is 0 Å². The number of hydrogen-bond donors (Lipinski definition) is 0. The molecule has 0 aromatic heterocycles. The van der Waals surface area contributed by atoms with Crippen LogP contribution >= 0.6 is 0 Å².